The second-order valence-corrected chi connectivity index (χ2v) is 12.8. The number of nitrogens with zero attached hydrogens (tertiary/aromatic N) is 2. The van der Waals surface area contributed by atoms with Crippen LogP contribution in [0.25, 0.3) is 10.9 Å². The Bertz CT molecular complexity index is 1440. The third-order valence-corrected chi connectivity index (χ3v) is 9.46. The lowest BCUT2D eigenvalue weighted by molar-refractivity contribution is -0.140. The standard InChI is InChI=1S/C29H33F3N4O3S2.C2H6/c1-38-28-19-23(40-35-12-14-39-15-13-35)7-8-26(28)33-11-3-4-22-18-24-25(34-21-9-16-41(37)17-10-21)5-2-6-27(24)36(22)20-29(30,31)32;1-2/h2,5-8,18-19,21,33-34H,9-17,20H2,1H3;1-2H3. The number of fused-ring (bicyclic) bond motifs is 1. The highest BCUT2D eigenvalue weighted by Crippen LogP contribution is 2.33. The van der Waals surface area contributed by atoms with Gasteiger partial charge in [-0.2, -0.15) is 13.2 Å². The van der Waals surface area contributed by atoms with Crippen molar-refractivity contribution < 1.29 is 26.9 Å². The van der Waals surface area contributed by atoms with E-state index in [1.807, 2.05) is 38.1 Å². The predicted molar refractivity (Wildman–Crippen MR) is 170 cm³/mol. The average molecular weight is 637 g/mol. The van der Waals surface area contributed by atoms with Crippen LogP contribution in [-0.4, -0.2) is 76.8 Å². The Morgan fingerprint density at radius 1 is 1.09 bits per heavy atom. The summed E-state index contributed by atoms with van der Waals surface area (Å²) in [6.45, 7) is 6.24. The molecule has 2 fully saturated rings. The monoisotopic (exact) mass is 636 g/mol. The molecule has 0 saturated carbocycles. The Morgan fingerprint density at radius 3 is 2.53 bits per heavy atom. The SMILES string of the molecule is CC.COc1cc(SN2CCOCC2)ccc1NCC#Cc1cc2c(NC3CCS(=O)CC3)cccc2n1CC(F)(F)F. The fourth-order valence-electron chi connectivity index (χ4n) is 4.96. The Hall–Kier alpha value is -2.85. The van der Waals surface area contributed by atoms with Crippen LogP contribution in [-0.2, 0) is 22.1 Å². The van der Waals surface area contributed by atoms with Crippen LogP contribution in [0.15, 0.2) is 47.4 Å². The number of hydrogen-bond acceptors (Lipinski definition) is 7. The Kier molecular flexibility index (Phi) is 12.1. The molecule has 2 aromatic carbocycles. The van der Waals surface area contributed by atoms with Crippen LogP contribution in [0.2, 0.25) is 0 Å². The molecule has 234 valence electrons. The number of benzene rings is 2. The van der Waals surface area contributed by atoms with Crippen molar-refractivity contribution in [2.45, 2.75) is 50.3 Å². The van der Waals surface area contributed by atoms with Crippen LogP contribution in [0.3, 0.4) is 0 Å². The van der Waals surface area contributed by atoms with Crippen molar-refractivity contribution >= 4 is 45.0 Å². The summed E-state index contributed by atoms with van der Waals surface area (Å²) in [5, 5.41) is 7.38. The zero-order valence-electron chi connectivity index (χ0n) is 24.8. The van der Waals surface area contributed by atoms with E-state index < -0.39 is 23.5 Å². The van der Waals surface area contributed by atoms with Gasteiger partial charge in [0.2, 0.25) is 0 Å². The Balaban J connectivity index is 0.00000207. The van der Waals surface area contributed by atoms with E-state index in [-0.39, 0.29) is 12.6 Å². The highest BCUT2D eigenvalue weighted by molar-refractivity contribution is 7.97. The number of anilines is 2. The molecule has 0 amide bonds. The summed E-state index contributed by atoms with van der Waals surface area (Å²) in [7, 11) is 0.811. The predicted octanol–water partition coefficient (Wildman–Crippen LogP) is 6.36. The molecular formula is C31H39F3N4O3S2. The molecule has 12 heteroatoms. The molecule has 0 bridgehead atoms. The fraction of sp³-hybridized carbons (Fsp3) is 0.484. The molecule has 2 aliphatic heterocycles. The zero-order valence-corrected chi connectivity index (χ0v) is 26.4. The first-order valence-corrected chi connectivity index (χ1v) is 16.8. The molecule has 7 nitrogen and oxygen atoms in total. The third kappa shape index (κ3) is 9.32. The molecule has 2 aliphatic rings. The van der Waals surface area contributed by atoms with Gasteiger partial charge < -0.3 is 24.7 Å². The van der Waals surface area contributed by atoms with E-state index in [0.29, 0.717) is 47.1 Å². The van der Waals surface area contributed by atoms with E-state index in [4.69, 9.17) is 9.47 Å². The molecule has 2 saturated heterocycles. The average Bonchev–Trinajstić information content (AvgIpc) is 3.35. The maximum Gasteiger partial charge on any atom is 0.406 e. The van der Waals surface area contributed by atoms with Gasteiger partial charge in [0.05, 0.1) is 43.8 Å². The lowest BCUT2D eigenvalue weighted by Gasteiger charge is -2.25. The molecule has 2 N–H and O–H groups in total. The number of nitrogens with one attached hydrogen (secondary N) is 2. The highest BCUT2D eigenvalue weighted by atomic mass is 32.2. The van der Waals surface area contributed by atoms with Crippen molar-refractivity contribution in [1.82, 2.24) is 8.87 Å². The number of morpholine rings is 1. The lowest BCUT2D eigenvalue weighted by Crippen LogP contribution is -2.30. The third-order valence-electron chi connectivity index (χ3n) is 6.99. The quantitative estimate of drug-likeness (QED) is 0.220. The first-order valence-electron chi connectivity index (χ1n) is 14.5. The first kappa shape index (κ1) is 33.1. The number of alkyl halides is 3. The van der Waals surface area contributed by atoms with Gasteiger partial charge in [0.25, 0.3) is 0 Å². The van der Waals surface area contributed by atoms with Crippen molar-refractivity contribution in [1.29, 1.82) is 0 Å². The minimum Gasteiger partial charge on any atom is -0.495 e. The van der Waals surface area contributed by atoms with Crippen molar-refractivity contribution in [2.24, 2.45) is 0 Å². The van der Waals surface area contributed by atoms with Gasteiger partial charge in [0, 0.05) is 57.4 Å². The van der Waals surface area contributed by atoms with E-state index in [1.54, 1.807) is 37.3 Å². The topological polar surface area (TPSA) is 67.8 Å². The van der Waals surface area contributed by atoms with Crippen molar-refractivity contribution in [3.63, 3.8) is 0 Å². The summed E-state index contributed by atoms with van der Waals surface area (Å²) in [6.07, 6.45) is -2.87. The molecule has 43 heavy (non-hydrogen) atoms. The van der Waals surface area contributed by atoms with Gasteiger partial charge in [-0.1, -0.05) is 25.8 Å². The molecule has 3 heterocycles. The van der Waals surface area contributed by atoms with Crippen molar-refractivity contribution in [3.8, 4) is 17.6 Å². The van der Waals surface area contributed by atoms with Crippen LogP contribution in [0.5, 0.6) is 5.75 Å². The molecule has 0 aliphatic carbocycles. The lowest BCUT2D eigenvalue weighted by atomic mass is 10.1. The molecule has 0 spiro atoms. The molecule has 0 unspecified atom stereocenters. The summed E-state index contributed by atoms with van der Waals surface area (Å²) in [4.78, 5) is 1.04. The second kappa shape index (κ2) is 15.7. The summed E-state index contributed by atoms with van der Waals surface area (Å²) < 4.78 is 66.9. The Morgan fingerprint density at radius 2 is 1.84 bits per heavy atom. The van der Waals surface area contributed by atoms with Crippen LogP contribution < -0.4 is 15.4 Å². The van der Waals surface area contributed by atoms with Gasteiger partial charge in [-0.3, -0.25) is 4.21 Å². The van der Waals surface area contributed by atoms with Crippen LogP contribution in [0, 0.1) is 11.8 Å². The number of halogens is 3. The maximum absolute atomic E-state index is 13.6. The number of hydrogen-bond donors (Lipinski definition) is 2. The number of ether oxygens (including phenoxy) is 2. The van der Waals surface area contributed by atoms with Crippen LogP contribution in [0.1, 0.15) is 32.4 Å². The van der Waals surface area contributed by atoms with Gasteiger partial charge >= 0.3 is 6.18 Å². The molecule has 3 aromatic rings. The Labute approximate surface area is 258 Å². The van der Waals surface area contributed by atoms with E-state index in [0.717, 1.165) is 42.2 Å². The fourth-order valence-corrected chi connectivity index (χ4v) is 7.17. The molecule has 0 atom stereocenters. The minimum absolute atomic E-state index is 0.136. The normalized spacial score (nSPS) is 19.1. The van der Waals surface area contributed by atoms with Gasteiger partial charge in [0.1, 0.15) is 12.3 Å². The molecule has 5 rings (SSSR count). The van der Waals surface area contributed by atoms with Crippen LogP contribution >= 0.6 is 11.9 Å². The summed E-state index contributed by atoms with van der Waals surface area (Å²) >= 11 is 1.65. The van der Waals surface area contributed by atoms with Crippen molar-refractivity contribution in [2.75, 3.05) is 62.1 Å². The number of methoxy groups -OCH3 is 1. The summed E-state index contributed by atoms with van der Waals surface area (Å²) in [5.74, 6) is 7.87. The van der Waals surface area contributed by atoms with E-state index in [9.17, 15) is 17.4 Å². The van der Waals surface area contributed by atoms with Gasteiger partial charge in [-0.25, -0.2) is 4.31 Å². The zero-order chi connectivity index (χ0) is 30.8. The summed E-state index contributed by atoms with van der Waals surface area (Å²) in [5.41, 5.74) is 2.28. The van der Waals surface area contributed by atoms with Gasteiger partial charge in [-0.05, 0) is 67.1 Å². The molecular weight excluding hydrogens is 597 g/mol. The second-order valence-electron chi connectivity index (χ2n) is 9.89. The minimum atomic E-state index is -4.40. The maximum atomic E-state index is 13.6. The number of aromatic nitrogens is 1. The van der Waals surface area contributed by atoms with Crippen LogP contribution in [0.4, 0.5) is 24.5 Å². The van der Waals surface area contributed by atoms with E-state index in [2.05, 4.69) is 26.8 Å². The van der Waals surface area contributed by atoms with Gasteiger partial charge in [0.15, 0.2) is 0 Å². The molecule has 1 aromatic heterocycles. The van der Waals surface area contributed by atoms with E-state index in [1.165, 1.54) is 4.57 Å². The number of rotatable bonds is 8. The first-order chi connectivity index (χ1) is 20.8. The summed E-state index contributed by atoms with van der Waals surface area (Å²) in [6, 6.07) is 13.0. The highest BCUT2D eigenvalue weighted by Gasteiger charge is 2.30. The largest absolute Gasteiger partial charge is 0.495 e. The molecule has 0 radical (unpaired) electrons. The van der Waals surface area contributed by atoms with E-state index >= 15 is 0 Å². The van der Waals surface area contributed by atoms with Gasteiger partial charge in [-0.15, -0.1) is 0 Å². The van der Waals surface area contributed by atoms with Crippen molar-refractivity contribution in [3.05, 3.63) is 48.2 Å². The smallest absolute Gasteiger partial charge is 0.406 e.